The van der Waals surface area contributed by atoms with Crippen LogP contribution in [-0.2, 0) is 0 Å². The first-order valence-electron chi connectivity index (χ1n) is 4.98. The lowest BCUT2D eigenvalue weighted by atomic mass is 9.96. The Morgan fingerprint density at radius 3 is 2.54 bits per heavy atom. The molecule has 0 spiro atoms. The predicted octanol–water partition coefficient (Wildman–Crippen LogP) is 3.75. The number of allylic oxidation sites excluding steroid dienone is 3. The first kappa shape index (κ1) is 10.9. The van der Waals surface area contributed by atoms with Gasteiger partial charge in [0.2, 0.25) is 0 Å². The molecule has 1 aliphatic rings. The maximum atomic E-state index is 5.02. The molecular weight excluding hydrogens is 192 g/mol. The second-order valence-electron chi connectivity index (χ2n) is 4.73. The molecule has 0 aromatic heterocycles. The Bertz CT molecular complexity index is 254. The highest BCUT2D eigenvalue weighted by Crippen LogP contribution is 2.28. The molecule has 0 nitrogen and oxygen atoms in total. The molecule has 1 unspecified atom stereocenters. The van der Waals surface area contributed by atoms with Gasteiger partial charge in [-0.25, -0.2) is 0 Å². The van der Waals surface area contributed by atoms with Crippen molar-refractivity contribution in [1.29, 1.82) is 0 Å². The third-order valence-electron chi connectivity index (χ3n) is 2.54. The van der Waals surface area contributed by atoms with Gasteiger partial charge in [0.05, 0.1) is 8.07 Å². The van der Waals surface area contributed by atoms with Gasteiger partial charge in [0.15, 0.2) is 0 Å². The average Bonchev–Trinajstić information content (AvgIpc) is 2.05. The summed E-state index contributed by atoms with van der Waals surface area (Å²) in [5.41, 5.74) is 0. The smallest absolute Gasteiger partial charge is 0.0842 e. The minimum absolute atomic E-state index is 0.609. The van der Waals surface area contributed by atoms with Gasteiger partial charge in [0.1, 0.15) is 0 Å². The Morgan fingerprint density at radius 2 is 2.15 bits per heavy atom. The van der Waals surface area contributed by atoms with Crippen molar-refractivity contribution in [2.75, 3.05) is 0 Å². The summed E-state index contributed by atoms with van der Waals surface area (Å²) in [5, 5.41) is 4.45. The lowest BCUT2D eigenvalue weighted by molar-refractivity contribution is 0.623. The maximum absolute atomic E-state index is 5.02. The minimum Gasteiger partial charge on any atom is -0.0879 e. The van der Waals surface area contributed by atoms with E-state index < -0.39 is 8.07 Å². The van der Waals surface area contributed by atoms with Gasteiger partial charge in [-0.15, -0.1) is 0 Å². The molecule has 72 valence electrons. The fourth-order valence-electron chi connectivity index (χ4n) is 1.84. The molecule has 0 saturated heterocycles. The molecule has 0 radical (unpaired) electrons. The average molecular weight is 210 g/mol. The van der Waals surface area contributed by atoms with Crippen molar-refractivity contribution in [1.82, 2.24) is 0 Å². The Labute approximate surface area is 87.7 Å². The van der Waals surface area contributed by atoms with E-state index in [0.717, 1.165) is 0 Å². The predicted molar refractivity (Wildman–Crippen MR) is 65.9 cm³/mol. The van der Waals surface area contributed by atoms with Crippen molar-refractivity contribution in [3.8, 4) is 0 Å². The molecule has 0 fully saturated rings. The third kappa shape index (κ3) is 2.91. The largest absolute Gasteiger partial charge is 0.0879 e. The van der Waals surface area contributed by atoms with E-state index in [1.54, 1.807) is 0 Å². The summed E-state index contributed by atoms with van der Waals surface area (Å²) in [4.78, 5) is 0. The highest BCUT2D eigenvalue weighted by atomic mass is 32.1. The normalized spacial score (nSPS) is 22.5. The van der Waals surface area contributed by atoms with Crippen LogP contribution in [0.5, 0.6) is 0 Å². The lowest BCUT2D eigenvalue weighted by Crippen LogP contribution is -2.29. The quantitative estimate of drug-likeness (QED) is 0.380. The Morgan fingerprint density at radius 1 is 1.46 bits per heavy atom. The van der Waals surface area contributed by atoms with Gasteiger partial charge in [-0.2, -0.15) is 0 Å². The van der Waals surface area contributed by atoms with Crippen LogP contribution in [0.2, 0.25) is 19.6 Å². The van der Waals surface area contributed by atoms with E-state index >= 15 is 0 Å². The molecular formula is C11H18SSi. The van der Waals surface area contributed by atoms with Crippen LogP contribution < -0.4 is 0 Å². The summed E-state index contributed by atoms with van der Waals surface area (Å²) in [5.74, 6) is 0.609. The topological polar surface area (TPSA) is 0 Å². The summed E-state index contributed by atoms with van der Waals surface area (Å²) in [7, 11) is -1.22. The van der Waals surface area contributed by atoms with Gasteiger partial charge in [0, 0.05) is 5.92 Å². The summed E-state index contributed by atoms with van der Waals surface area (Å²) in [6.45, 7) is 7.05. The van der Waals surface area contributed by atoms with Crippen molar-refractivity contribution < 1.29 is 0 Å². The molecule has 1 aliphatic carbocycles. The minimum atomic E-state index is -1.22. The van der Waals surface area contributed by atoms with E-state index in [4.69, 9.17) is 12.2 Å². The zero-order valence-corrected chi connectivity index (χ0v) is 10.6. The van der Waals surface area contributed by atoms with Gasteiger partial charge in [-0.05, 0) is 36.7 Å². The van der Waals surface area contributed by atoms with Crippen molar-refractivity contribution in [2.24, 2.45) is 5.92 Å². The Hall–Kier alpha value is -0.173. The monoisotopic (exact) mass is 210 g/mol. The van der Waals surface area contributed by atoms with Crippen molar-refractivity contribution in [3.05, 3.63) is 17.3 Å². The second-order valence-corrected chi connectivity index (χ2v) is 9.97. The van der Waals surface area contributed by atoms with E-state index in [0.29, 0.717) is 5.92 Å². The highest BCUT2D eigenvalue weighted by Gasteiger charge is 2.26. The molecule has 1 atom stereocenters. The second kappa shape index (κ2) is 4.36. The SMILES string of the molecule is C[Si](C)(C)C(=C=S)C1C=CCCC1. The lowest BCUT2D eigenvalue weighted by Gasteiger charge is -2.26. The van der Waals surface area contributed by atoms with Crippen LogP contribution in [0.15, 0.2) is 17.3 Å². The van der Waals surface area contributed by atoms with Gasteiger partial charge in [-0.1, -0.05) is 36.8 Å². The summed E-state index contributed by atoms with van der Waals surface area (Å²) >= 11 is 5.02. The van der Waals surface area contributed by atoms with E-state index in [9.17, 15) is 0 Å². The van der Waals surface area contributed by atoms with E-state index in [2.05, 4.69) is 36.8 Å². The summed E-state index contributed by atoms with van der Waals surface area (Å²) < 4.78 is 0. The fraction of sp³-hybridized carbons (Fsp3) is 0.636. The van der Waals surface area contributed by atoms with E-state index in [-0.39, 0.29) is 0 Å². The molecule has 0 bridgehead atoms. The highest BCUT2D eigenvalue weighted by molar-refractivity contribution is 7.78. The Kier molecular flexibility index (Phi) is 3.66. The standard InChI is InChI=1S/C11H18SSi/c1-13(2,3)11(9-12)10-7-5-4-6-8-10/h5,7,10H,4,6,8H2,1-3H3. The molecule has 13 heavy (non-hydrogen) atoms. The molecule has 0 aromatic carbocycles. The van der Waals surface area contributed by atoms with Crippen LogP contribution >= 0.6 is 12.2 Å². The van der Waals surface area contributed by atoms with Gasteiger partial charge < -0.3 is 0 Å². The van der Waals surface area contributed by atoms with Crippen molar-refractivity contribution >= 4 is 25.3 Å². The summed E-state index contributed by atoms with van der Waals surface area (Å²) in [6, 6.07) is 0. The number of hydrogen-bond acceptors (Lipinski definition) is 1. The number of rotatable bonds is 2. The fourth-order valence-corrected chi connectivity index (χ4v) is 4.57. The number of hydrogen-bond donors (Lipinski definition) is 0. The van der Waals surface area contributed by atoms with Gasteiger partial charge in [-0.3, -0.25) is 0 Å². The molecule has 0 N–H and O–H groups in total. The zero-order chi connectivity index (χ0) is 9.90. The first-order valence-corrected chi connectivity index (χ1v) is 8.88. The molecule has 0 amide bonds. The van der Waals surface area contributed by atoms with Crippen LogP contribution in [-0.4, -0.2) is 13.1 Å². The van der Waals surface area contributed by atoms with Gasteiger partial charge in [0.25, 0.3) is 0 Å². The van der Waals surface area contributed by atoms with Crippen LogP contribution in [0.4, 0.5) is 0 Å². The van der Waals surface area contributed by atoms with E-state index in [1.165, 1.54) is 24.5 Å². The molecule has 0 saturated carbocycles. The zero-order valence-electron chi connectivity index (χ0n) is 8.76. The van der Waals surface area contributed by atoms with Crippen LogP contribution in [0.25, 0.3) is 0 Å². The number of thiocarbonyl (C=S) groups is 1. The van der Waals surface area contributed by atoms with Crippen LogP contribution in [0.1, 0.15) is 19.3 Å². The van der Waals surface area contributed by atoms with Crippen LogP contribution in [0.3, 0.4) is 0 Å². The van der Waals surface area contributed by atoms with Gasteiger partial charge >= 0.3 is 0 Å². The van der Waals surface area contributed by atoms with E-state index in [1.807, 2.05) is 0 Å². The molecule has 1 rings (SSSR count). The first-order chi connectivity index (χ1) is 6.05. The van der Waals surface area contributed by atoms with Crippen LogP contribution in [0, 0.1) is 5.92 Å². The third-order valence-corrected chi connectivity index (χ3v) is 5.06. The molecule has 0 heterocycles. The molecule has 0 aliphatic heterocycles. The van der Waals surface area contributed by atoms with Crippen molar-refractivity contribution in [3.63, 3.8) is 0 Å². The molecule has 2 heteroatoms. The summed E-state index contributed by atoms with van der Waals surface area (Å²) in [6.07, 6.45) is 8.45. The van der Waals surface area contributed by atoms with Crippen molar-refractivity contribution in [2.45, 2.75) is 38.9 Å². The molecule has 0 aromatic rings. The maximum Gasteiger partial charge on any atom is 0.0842 e. The Balaban J connectivity index is 2.85.